The molecule has 0 aromatic heterocycles. The number of hydrazone groups is 1. The average molecular weight is 511 g/mol. The third-order valence-electron chi connectivity index (χ3n) is 5.17. The van der Waals surface area contributed by atoms with Gasteiger partial charge in [-0.15, -0.1) is 0 Å². The Morgan fingerprint density at radius 3 is 2.68 bits per heavy atom. The zero-order valence-electron chi connectivity index (χ0n) is 20.3. The van der Waals surface area contributed by atoms with Crippen molar-refractivity contribution in [2.75, 3.05) is 20.3 Å². The van der Waals surface area contributed by atoms with Gasteiger partial charge in [-0.05, 0) is 37.6 Å². The van der Waals surface area contributed by atoms with E-state index in [9.17, 15) is 24.5 Å². The summed E-state index contributed by atoms with van der Waals surface area (Å²) in [7, 11) is 1.40. The van der Waals surface area contributed by atoms with Gasteiger partial charge in [-0.2, -0.15) is 5.10 Å². The number of nitrogens with zero attached hydrogens (tertiary/aromatic N) is 2. The summed E-state index contributed by atoms with van der Waals surface area (Å²) >= 11 is 0. The summed E-state index contributed by atoms with van der Waals surface area (Å²) in [5.74, 6) is -0.713. The van der Waals surface area contributed by atoms with Crippen molar-refractivity contribution in [3.05, 3.63) is 75.0 Å². The molecule has 13 nitrogen and oxygen atoms in total. The molecule has 0 saturated carbocycles. The van der Waals surface area contributed by atoms with E-state index in [0.29, 0.717) is 11.3 Å². The lowest BCUT2D eigenvalue weighted by atomic mass is 9.95. The van der Waals surface area contributed by atoms with Crippen LogP contribution in [-0.2, 0) is 14.3 Å². The van der Waals surface area contributed by atoms with E-state index in [2.05, 4.69) is 21.2 Å². The fourth-order valence-electron chi connectivity index (χ4n) is 3.52. The van der Waals surface area contributed by atoms with Crippen molar-refractivity contribution in [3.8, 4) is 11.5 Å². The number of amides is 3. The molecule has 37 heavy (non-hydrogen) atoms. The molecule has 0 unspecified atom stereocenters. The van der Waals surface area contributed by atoms with Crippen molar-refractivity contribution in [1.82, 2.24) is 16.1 Å². The molecule has 0 saturated heterocycles. The molecule has 3 N–H and O–H groups in total. The van der Waals surface area contributed by atoms with Crippen molar-refractivity contribution in [1.29, 1.82) is 0 Å². The summed E-state index contributed by atoms with van der Waals surface area (Å²) in [6, 6.07) is 9.39. The Morgan fingerprint density at radius 2 is 1.97 bits per heavy atom. The topological polar surface area (TPSA) is 170 Å². The first-order valence-corrected chi connectivity index (χ1v) is 11.1. The number of allylic oxidation sites excluding steroid dienone is 1. The summed E-state index contributed by atoms with van der Waals surface area (Å²) in [4.78, 5) is 47.2. The van der Waals surface area contributed by atoms with E-state index in [0.717, 1.165) is 6.21 Å². The van der Waals surface area contributed by atoms with Crippen LogP contribution in [0.3, 0.4) is 0 Å². The van der Waals surface area contributed by atoms with Gasteiger partial charge in [-0.3, -0.25) is 14.9 Å². The molecule has 1 heterocycles. The predicted octanol–water partition coefficient (Wildman–Crippen LogP) is 2.32. The Morgan fingerprint density at radius 1 is 1.22 bits per heavy atom. The van der Waals surface area contributed by atoms with Crippen LogP contribution in [0.1, 0.15) is 31.0 Å². The predicted molar refractivity (Wildman–Crippen MR) is 131 cm³/mol. The number of para-hydroxylation sites is 1. The Balaban J connectivity index is 1.70. The van der Waals surface area contributed by atoms with E-state index in [4.69, 9.17) is 14.2 Å². The fraction of sp³-hybridized carbons (Fsp3) is 0.250. The number of benzene rings is 2. The molecule has 3 rings (SSSR count). The van der Waals surface area contributed by atoms with Gasteiger partial charge in [0.05, 0.1) is 42.0 Å². The van der Waals surface area contributed by atoms with E-state index >= 15 is 0 Å². The maximum atomic E-state index is 12.5. The molecule has 1 aliphatic rings. The van der Waals surface area contributed by atoms with Crippen LogP contribution in [0.15, 0.2) is 58.8 Å². The number of nitro groups is 1. The smallest absolute Gasteiger partial charge is 0.338 e. The number of esters is 1. The van der Waals surface area contributed by atoms with Gasteiger partial charge < -0.3 is 24.8 Å². The molecule has 2 aromatic carbocycles. The van der Waals surface area contributed by atoms with Crippen LogP contribution in [0.2, 0.25) is 0 Å². The van der Waals surface area contributed by atoms with Gasteiger partial charge in [-0.25, -0.2) is 15.0 Å². The lowest BCUT2D eigenvalue weighted by Gasteiger charge is -2.28. The molecule has 0 bridgehead atoms. The average Bonchev–Trinajstić information content (AvgIpc) is 2.87. The standard InChI is InChI=1S/C24H25N5O8/c1-4-36-23(31)21-14(2)26-24(32)27-22(21)15-9-10-18(19(11-15)35-3)37-13-20(30)28-25-12-16-7-5-6-8-17(16)29(33)34/h5-12,22H,4,13H2,1-3H3,(H,28,30)(H2,26,27,32)/b25-12-/t22-/m1/s1. The Kier molecular flexibility index (Phi) is 8.76. The SMILES string of the molecule is CCOC(=O)C1=C(C)NC(=O)N[C@@H]1c1ccc(OCC(=O)N/N=C\c2ccccc2[N+](=O)[O-])c(OC)c1. The highest BCUT2D eigenvalue weighted by molar-refractivity contribution is 5.95. The van der Waals surface area contributed by atoms with Crippen LogP contribution in [0.5, 0.6) is 11.5 Å². The zero-order valence-corrected chi connectivity index (χ0v) is 20.3. The number of carbonyl (C=O) groups is 3. The minimum atomic E-state index is -0.796. The van der Waals surface area contributed by atoms with E-state index in [1.54, 1.807) is 32.0 Å². The van der Waals surface area contributed by atoms with Crippen molar-refractivity contribution in [3.63, 3.8) is 0 Å². The Bertz CT molecular complexity index is 1270. The van der Waals surface area contributed by atoms with Crippen molar-refractivity contribution in [2.45, 2.75) is 19.9 Å². The number of hydrogen-bond acceptors (Lipinski definition) is 9. The van der Waals surface area contributed by atoms with E-state index in [1.807, 2.05) is 0 Å². The number of nitro benzene ring substituents is 1. The number of ether oxygens (including phenoxy) is 3. The molecule has 0 spiro atoms. The van der Waals surface area contributed by atoms with Crippen LogP contribution in [0, 0.1) is 10.1 Å². The summed E-state index contributed by atoms with van der Waals surface area (Å²) < 4.78 is 16.0. The first kappa shape index (κ1) is 26.7. The normalized spacial score (nSPS) is 15.0. The maximum absolute atomic E-state index is 12.5. The number of carbonyl (C=O) groups excluding carboxylic acids is 3. The molecule has 194 valence electrons. The number of urea groups is 1. The lowest BCUT2D eigenvalue weighted by molar-refractivity contribution is -0.385. The van der Waals surface area contributed by atoms with Crippen molar-refractivity contribution < 1.29 is 33.5 Å². The van der Waals surface area contributed by atoms with Gasteiger partial charge in [0.15, 0.2) is 18.1 Å². The first-order chi connectivity index (χ1) is 17.7. The molecule has 2 aromatic rings. The molecule has 0 radical (unpaired) electrons. The van der Waals surface area contributed by atoms with Crippen LogP contribution in [0.4, 0.5) is 10.5 Å². The molecule has 0 aliphatic carbocycles. The highest BCUT2D eigenvalue weighted by atomic mass is 16.6. The Labute approximate surface area is 211 Å². The van der Waals surface area contributed by atoms with Crippen molar-refractivity contribution >= 4 is 29.8 Å². The minimum absolute atomic E-state index is 0.150. The van der Waals surface area contributed by atoms with Crippen molar-refractivity contribution in [2.24, 2.45) is 5.10 Å². The highest BCUT2D eigenvalue weighted by Crippen LogP contribution is 2.34. The fourth-order valence-corrected chi connectivity index (χ4v) is 3.52. The minimum Gasteiger partial charge on any atom is -0.493 e. The van der Waals surface area contributed by atoms with Gasteiger partial charge in [0.25, 0.3) is 11.6 Å². The summed E-state index contributed by atoms with van der Waals surface area (Å²) in [6.07, 6.45) is 1.16. The van der Waals surface area contributed by atoms with Gasteiger partial charge in [0.1, 0.15) is 0 Å². The molecule has 1 atom stereocenters. The largest absolute Gasteiger partial charge is 0.493 e. The number of methoxy groups -OCH3 is 1. The molecule has 13 heteroatoms. The zero-order chi connectivity index (χ0) is 26.9. The summed E-state index contributed by atoms with van der Waals surface area (Å²) in [6.45, 7) is 3.02. The first-order valence-electron chi connectivity index (χ1n) is 11.1. The van der Waals surface area contributed by atoms with Gasteiger partial charge >= 0.3 is 12.0 Å². The second-order valence-electron chi connectivity index (χ2n) is 7.60. The maximum Gasteiger partial charge on any atom is 0.338 e. The second kappa shape index (κ2) is 12.2. The van der Waals surface area contributed by atoms with E-state index in [-0.39, 0.29) is 34.9 Å². The third-order valence-corrected chi connectivity index (χ3v) is 5.17. The van der Waals surface area contributed by atoms with Crippen LogP contribution in [0.25, 0.3) is 0 Å². The summed E-state index contributed by atoms with van der Waals surface area (Å²) in [5, 5.41) is 20.0. The van der Waals surface area contributed by atoms with Crippen LogP contribution < -0.4 is 25.5 Å². The van der Waals surface area contributed by atoms with E-state index in [1.165, 1.54) is 31.4 Å². The molecular weight excluding hydrogens is 486 g/mol. The van der Waals surface area contributed by atoms with Gasteiger partial charge in [-0.1, -0.05) is 18.2 Å². The Hall–Kier alpha value is -4.94. The van der Waals surface area contributed by atoms with Gasteiger partial charge in [0, 0.05) is 11.8 Å². The number of nitrogens with one attached hydrogen (secondary N) is 3. The third kappa shape index (κ3) is 6.60. The molecular formula is C24H25N5O8. The second-order valence-corrected chi connectivity index (χ2v) is 7.60. The van der Waals surface area contributed by atoms with Gasteiger partial charge in [0.2, 0.25) is 0 Å². The van der Waals surface area contributed by atoms with Crippen LogP contribution >= 0.6 is 0 Å². The molecule has 1 aliphatic heterocycles. The quantitative estimate of drug-likeness (QED) is 0.189. The molecule has 3 amide bonds. The molecule has 0 fully saturated rings. The van der Waals surface area contributed by atoms with E-state index < -0.39 is 35.5 Å². The number of rotatable bonds is 10. The van der Waals surface area contributed by atoms with Crippen LogP contribution in [-0.4, -0.2) is 49.4 Å². The highest BCUT2D eigenvalue weighted by Gasteiger charge is 2.32. The number of hydrogen-bond donors (Lipinski definition) is 3. The monoisotopic (exact) mass is 511 g/mol. The summed E-state index contributed by atoms with van der Waals surface area (Å²) in [5.41, 5.74) is 3.45. The lowest BCUT2D eigenvalue weighted by Crippen LogP contribution is -2.45.